The van der Waals surface area contributed by atoms with Gasteiger partial charge in [-0.25, -0.2) is 0 Å². The fourth-order valence-corrected chi connectivity index (χ4v) is 3.47. The molecule has 0 aliphatic carbocycles. The third kappa shape index (κ3) is 1.48. The summed E-state index contributed by atoms with van der Waals surface area (Å²) in [5, 5.41) is 19.7. The van der Waals surface area contributed by atoms with Crippen LogP contribution in [-0.2, 0) is 10.2 Å². The zero-order valence-electron chi connectivity index (χ0n) is 11.9. The van der Waals surface area contributed by atoms with Crippen molar-refractivity contribution < 1.29 is 9.53 Å². The number of hydrogen-bond donors (Lipinski definition) is 3. The lowest BCUT2D eigenvalue weighted by Gasteiger charge is -2.31. The van der Waals surface area contributed by atoms with Crippen molar-refractivity contribution in [1.29, 1.82) is 5.26 Å². The number of fused-ring (bicyclic) bond motifs is 4. The molecule has 2 aliphatic rings. The lowest BCUT2D eigenvalue weighted by molar-refractivity contribution is -0.118. The van der Waals surface area contributed by atoms with Crippen LogP contribution in [0.5, 0.6) is 5.88 Å². The van der Waals surface area contributed by atoms with Gasteiger partial charge < -0.3 is 15.8 Å². The number of hydrogen-bond acceptors (Lipinski definition) is 5. The van der Waals surface area contributed by atoms with Crippen molar-refractivity contribution in [1.82, 2.24) is 10.2 Å². The molecule has 4 rings (SSSR count). The summed E-state index contributed by atoms with van der Waals surface area (Å²) in [6.45, 7) is 1.75. The Labute approximate surface area is 135 Å². The smallest absolute Gasteiger partial charge is 0.245 e. The third-order valence-electron chi connectivity index (χ3n) is 4.20. The summed E-state index contributed by atoms with van der Waals surface area (Å²) in [4.78, 5) is 13.0. The van der Waals surface area contributed by atoms with E-state index in [2.05, 4.69) is 15.5 Å². The monoisotopic (exact) mass is 327 g/mol. The number of carbonyl (C=O) groups is 1. The number of nitrogens with zero attached hydrogens (tertiary/aromatic N) is 2. The molecule has 2 aromatic rings. The molecule has 7 nitrogen and oxygen atoms in total. The second kappa shape index (κ2) is 4.27. The highest BCUT2D eigenvalue weighted by Crippen LogP contribution is 2.53. The Morgan fingerprint density at radius 3 is 3.00 bits per heavy atom. The molecule has 0 saturated heterocycles. The summed E-state index contributed by atoms with van der Waals surface area (Å²) in [5.41, 5.74) is 6.73. The van der Waals surface area contributed by atoms with Crippen LogP contribution >= 0.6 is 11.6 Å². The van der Waals surface area contributed by atoms with E-state index in [0.29, 0.717) is 27.5 Å². The van der Waals surface area contributed by atoms with Crippen molar-refractivity contribution in [3.63, 3.8) is 0 Å². The van der Waals surface area contributed by atoms with Crippen molar-refractivity contribution in [2.75, 3.05) is 5.32 Å². The molecule has 4 N–H and O–H groups in total. The highest BCUT2D eigenvalue weighted by atomic mass is 35.5. The number of halogens is 1. The Balaban J connectivity index is 2.19. The number of nitrogens with two attached hydrogens (primary N) is 1. The van der Waals surface area contributed by atoms with E-state index < -0.39 is 5.41 Å². The lowest BCUT2D eigenvalue weighted by atomic mass is 9.69. The maximum Gasteiger partial charge on any atom is 0.245 e. The van der Waals surface area contributed by atoms with Crippen molar-refractivity contribution in [3.8, 4) is 11.9 Å². The average molecular weight is 328 g/mol. The number of rotatable bonds is 0. The van der Waals surface area contributed by atoms with Crippen LogP contribution in [0.25, 0.3) is 0 Å². The molecule has 0 saturated carbocycles. The minimum atomic E-state index is -1.41. The summed E-state index contributed by atoms with van der Waals surface area (Å²) < 4.78 is 5.42. The van der Waals surface area contributed by atoms with E-state index in [0.717, 1.165) is 0 Å². The van der Waals surface area contributed by atoms with Gasteiger partial charge in [0.2, 0.25) is 17.7 Å². The molecule has 1 atom stereocenters. The minimum absolute atomic E-state index is 0.0213. The number of nitrogens with one attached hydrogen (secondary N) is 2. The summed E-state index contributed by atoms with van der Waals surface area (Å²) in [5.74, 6) is -0.347. The second-order valence-corrected chi connectivity index (χ2v) is 5.81. The Bertz CT molecular complexity index is 955. The SMILES string of the molecule is Cc1[nH]nc2c1[C@@]1(C(=O)Nc3ccc(Cl)cc31)C(C#N)=C(N)O2. The van der Waals surface area contributed by atoms with Crippen molar-refractivity contribution in [3.05, 3.63) is 51.5 Å². The quantitative estimate of drug-likeness (QED) is 0.680. The van der Waals surface area contributed by atoms with Crippen LogP contribution in [0, 0.1) is 18.3 Å². The lowest BCUT2D eigenvalue weighted by Crippen LogP contribution is -2.42. The van der Waals surface area contributed by atoms with Crippen molar-refractivity contribution >= 4 is 23.2 Å². The molecule has 0 unspecified atom stereocenters. The van der Waals surface area contributed by atoms with Crippen LogP contribution in [0.15, 0.2) is 29.7 Å². The van der Waals surface area contributed by atoms with Gasteiger partial charge in [0.25, 0.3) is 0 Å². The first kappa shape index (κ1) is 13.7. The average Bonchev–Trinajstić information content (AvgIpc) is 3.00. The first-order valence-corrected chi connectivity index (χ1v) is 7.13. The van der Waals surface area contributed by atoms with Crippen LogP contribution < -0.4 is 15.8 Å². The van der Waals surface area contributed by atoms with E-state index in [-0.39, 0.29) is 23.2 Å². The van der Waals surface area contributed by atoms with E-state index in [1.165, 1.54) is 0 Å². The number of aromatic amines is 1. The van der Waals surface area contributed by atoms with Gasteiger partial charge in [0.1, 0.15) is 17.1 Å². The van der Waals surface area contributed by atoms with E-state index in [1.807, 2.05) is 6.07 Å². The van der Waals surface area contributed by atoms with E-state index in [4.69, 9.17) is 22.1 Å². The number of aromatic nitrogens is 2. The molecule has 2 aliphatic heterocycles. The third-order valence-corrected chi connectivity index (χ3v) is 4.44. The number of H-pyrrole nitrogens is 1. The molecule has 114 valence electrons. The number of carbonyl (C=O) groups excluding carboxylic acids is 1. The molecule has 1 aromatic carbocycles. The van der Waals surface area contributed by atoms with Gasteiger partial charge in [0.05, 0.1) is 5.56 Å². The Kier molecular flexibility index (Phi) is 2.54. The minimum Gasteiger partial charge on any atom is -0.420 e. The van der Waals surface area contributed by atoms with Gasteiger partial charge in [-0.05, 0) is 25.1 Å². The van der Waals surface area contributed by atoms with Crippen LogP contribution in [0.3, 0.4) is 0 Å². The fourth-order valence-electron chi connectivity index (χ4n) is 3.30. The highest BCUT2D eigenvalue weighted by Gasteiger charge is 2.58. The molecular weight excluding hydrogens is 318 g/mol. The van der Waals surface area contributed by atoms with Crippen LogP contribution in [0.2, 0.25) is 5.02 Å². The molecule has 0 fully saturated rings. The zero-order chi connectivity index (χ0) is 16.4. The maximum absolute atomic E-state index is 13.0. The zero-order valence-corrected chi connectivity index (χ0v) is 12.7. The van der Waals surface area contributed by atoms with Gasteiger partial charge in [-0.1, -0.05) is 11.6 Å². The first-order chi connectivity index (χ1) is 11.0. The number of amides is 1. The molecule has 0 bridgehead atoms. The van der Waals surface area contributed by atoms with Crippen molar-refractivity contribution in [2.24, 2.45) is 5.73 Å². The van der Waals surface area contributed by atoms with Gasteiger partial charge in [0, 0.05) is 22.0 Å². The van der Waals surface area contributed by atoms with Crippen LogP contribution in [0.4, 0.5) is 5.69 Å². The standard InChI is InChI=1S/C15H10ClN5O2/c1-6-11-13(21-20-6)23-12(18)9(5-17)15(11)8-4-7(16)2-3-10(8)19-14(15)22/h2-4H,18H2,1H3,(H,19,22)(H,20,21)/t15-/m0/s1. The molecule has 0 radical (unpaired) electrons. The molecular formula is C15H10ClN5O2. The van der Waals surface area contributed by atoms with Gasteiger partial charge >= 0.3 is 0 Å². The van der Waals surface area contributed by atoms with Gasteiger partial charge in [0.15, 0.2) is 0 Å². The Morgan fingerprint density at radius 2 is 2.26 bits per heavy atom. The normalized spacial score (nSPS) is 21.5. The molecule has 8 heteroatoms. The number of ether oxygens (including phenoxy) is 1. The van der Waals surface area contributed by atoms with Gasteiger partial charge in [-0.15, -0.1) is 5.10 Å². The summed E-state index contributed by atoms with van der Waals surface area (Å²) in [6, 6.07) is 7.04. The molecule has 1 amide bonds. The number of aryl methyl sites for hydroxylation is 1. The fraction of sp³-hybridized carbons (Fsp3) is 0.133. The molecule has 23 heavy (non-hydrogen) atoms. The molecule has 3 heterocycles. The van der Waals surface area contributed by atoms with E-state index in [9.17, 15) is 10.1 Å². The predicted octanol–water partition coefficient (Wildman–Crippen LogP) is 1.70. The summed E-state index contributed by atoms with van der Waals surface area (Å²) >= 11 is 6.12. The van der Waals surface area contributed by atoms with Gasteiger partial charge in [-0.2, -0.15) is 5.26 Å². The van der Waals surface area contributed by atoms with Crippen LogP contribution in [-0.4, -0.2) is 16.1 Å². The number of benzene rings is 1. The van der Waals surface area contributed by atoms with Crippen molar-refractivity contribution in [2.45, 2.75) is 12.3 Å². The second-order valence-electron chi connectivity index (χ2n) is 5.38. The molecule has 1 spiro atoms. The molecule has 1 aromatic heterocycles. The van der Waals surface area contributed by atoms with Gasteiger partial charge in [-0.3, -0.25) is 9.89 Å². The highest BCUT2D eigenvalue weighted by molar-refractivity contribution is 6.31. The Morgan fingerprint density at radius 1 is 1.48 bits per heavy atom. The summed E-state index contributed by atoms with van der Waals surface area (Å²) in [7, 11) is 0. The largest absolute Gasteiger partial charge is 0.420 e. The first-order valence-electron chi connectivity index (χ1n) is 6.75. The van der Waals surface area contributed by atoms with Crippen LogP contribution in [0.1, 0.15) is 16.8 Å². The Hall–Kier alpha value is -2.98. The van der Waals surface area contributed by atoms with E-state index >= 15 is 0 Å². The predicted molar refractivity (Wildman–Crippen MR) is 81.6 cm³/mol. The maximum atomic E-state index is 13.0. The topological polar surface area (TPSA) is 117 Å². The van der Waals surface area contributed by atoms with E-state index in [1.54, 1.807) is 25.1 Å². The number of nitriles is 1. The summed E-state index contributed by atoms with van der Waals surface area (Å²) in [6.07, 6.45) is 0. The number of anilines is 1.